The number of nitrogens with one attached hydrogen (secondary N) is 3. The van der Waals surface area contributed by atoms with Crippen LogP contribution in [0.15, 0.2) is 29.2 Å². The molecule has 3 aromatic rings. The minimum atomic E-state index is -0.283. The average molecular weight is 340 g/mol. The third-order valence-corrected chi connectivity index (χ3v) is 4.28. The van der Waals surface area contributed by atoms with E-state index in [0.717, 1.165) is 12.0 Å². The number of carbonyl (C=O) groups is 1. The van der Waals surface area contributed by atoms with Crippen molar-refractivity contribution in [2.45, 2.75) is 33.2 Å². The normalized spacial score (nSPS) is 12.3. The molecule has 0 aliphatic rings. The molecular formula is C18H22N5O2+. The molecule has 3 N–H and O–H groups in total. The molecule has 7 nitrogen and oxygen atoms in total. The molecular weight excluding hydrogens is 318 g/mol. The summed E-state index contributed by atoms with van der Waals surface area (Å²) in [5.74, 6) is 0.183. The van der Waals surface area contributed by atoms with Crippen LogP contribution in [0.1, 0.15) is 36.2 Å². The molecule has 0 fully saturated rings. The molecule has 0 saturated carbocycles. The summed E-state index contributed by atoms with van der Waals surface area (Å²) in [6.07, 6.45) is 2.65. The van der Waals surface area contributed by atoms with Crippen molar-refractivity contribution < 1.29 is 9.78 Å². The Morgan fingerprint density at radius 3 is 2.84 bits per heavy atom. The zero-order valence-electron chi connectivity index (χ0n) is 14.8. The summed E-state index contributed by atoms with van der Waals surface area (Å²) in [7, 11) is 1.56. The zero-order valence-corrected chi connectivity index (χ0v) is 14.8. The summed E-state index contributed by atoms with van der Waals surface area (Å²) in [5, 5.41) is 6.22. The Kier molecular flexibility index (Phi) is 4.39. The van der Waals surface area contributed by atoms with Crippen molar-refractivity contribution in [3.63, 3.8) is 0 Å². The van der Waals surface area contributed by atoms with Crippen molar-refractivity contribution in [1.82, 2.24) is 14.7 Å². The molecule has 1 amide bonds. The molecule has 7 heteroatoms. The fourth-order valence-corrected chi connectivity index (χ4v) is 2.65. The predicted octanol–water partition coefficient (Wildman–Crippen LogP) is 1.54. The van der Waals surface area contributed by atoms with E-state index in [4.69, 9.17) is 0 Å². The molecule has 25 heavy (non-hydrogen) atoms. The van der Waals surface area contributed by atoms with Crippen LogP contribution in [0.3, 0.4) is 0 Å². The van der Waals surface area contributed by atoms with Crippen LogP contribution in [0.25, 0.3) is 16.7 Å². The number of hydrogen-bond donors (Lipinski definition) is 2. The maximum absolute atomic E-state index is 12.8. The second-order valence-corrected chi connectivity index (χ2v) is 6.21. The molecule has 3 aromatic heterocycles. The molecule has 1 atom stereocenters. The molecule has 130 valence electrons. The number of fused-ring (bicyclic) bond motifs is 2. The molecule has 0 saturated heterocycles. The third kappa shape index (κ3) is 3.05. The number of carbonyl (C=O) groups excluding carboxylic acids is 1. The van der Waals surface area contributed by atoms with Crippen molar-refractivity contribution in [2.24, 2.45) is 0 Å². The van der Waals surface area contributed by atoms with Gasteiger partial charge in [0.1, 0.15) is 10.9 Å². The summed E-state index contributed by atoms with van der Waals surface area (Å²) in [5.41, 5.74) is 2.22. The zero-order chi connectivity index (χ0) is 18.1. The Labute approximate surface area is 145 Å². The van der Waals surface area contributed by atoms with Crippen LogP contribution in [0.4, 0.5) is 5.82 Å². The van der Waals surface area contributed by atoms with Gasteiger partial charge in [0.25, 0.3) is 11.6 Å². The first-order valence-electron chi connectivity index (χ1n) is 8.32. The van der Waals surface area contributed by atoms with Crippen molar-refractivity contribution in [3.05, 3.63) is 45.9 Å². The molecule has 0 radical (unpaired) electrons. The number of pyridine rings is 2. The maximum Gasteiger partial charge on any atom is 0.325 e. The number of aromatic amines is 1. The number of aromatic nitrogens is 3. The smallest absolute Gasteiger partial charge is 0.325 e. The minimum absolute atomic E-state index is 0.151. The largest absolute Gasteiger partial charge is 0.355 e. The van der Waals surface area contributed by atoms with Gasteiger partial charge in [0.2, 0.25) is 11.5 Å². The number of rotatable bonds is 4. The van der Waals surface area contributed by atoms with E-state index in [0.29, 0.717) is 28.1 Å². The fraction of sp³-hybridized carbons (Fsp3) is 0.333. The first-order chi connectivity index (χ1) is 11.9. The quantitative estimate of drug-likeness (QED) is 0.705. The first kappa shape index (κ1) is 16.9. The van der Waals surface area contributed by atoms with Gasteiger partial charge >= 0.3 is 5.56 Å². The third-order valence-electron chi connectivity index (χ3n) is 4.28. The van der Waals surface area contributed by atoms with Crippen LogP contribution in [0.5, 0.6) is 0 Å². The second kappa shape index (κ2) is 6.51. The minimum Gasteiger partial charge on any atom is -0.355 e. The average Bonchev–Trinajstić information content (AvgIpc) is 2.61. The van der Waals surface area contributed by atoms with E-state index in [2.05, 4.69) is 20.6 Å². The summed E-state index contributed by atoms with van der Waals surface area (Å²) >= 11 is 0. The van der Waals surface area contributed by atoms with Crippen LogP contribution in [-0.2, 0) is 0 Å². The van der Waals surface area contributed by atoms with Crippen molar-refractivity contribution >= 4 is 28.4 Å². The van der Waals surface area contributed by atoms with Gasteiger partial charge in [-0.15, -0.1) is 0 Å². The van der Waals surface area contributed by atoms with E-state index in [1.165, 1.54) is 4.40 Å². The monoisotopic (exact) mass is 340 g/mol. The van der Waals surface area contributed by atoms with Gasteiger partial charge in [0.15, 0.2) is 0 Å². The van der Waals surface area contributed by atoms with E-state index in [1.54, 1.807) is 19.3 Å². The Bertz CT molecular complexity index is 1030. The van der Waals surface area contributed by atoms with Gasteiger partial charge in [-0.05, 0) is 38.0 Å². The first-order valence-corrected chi connectivity index (χ1v) is 8.32. The molecule has 0 bridgehead atoms. The van der Waals surface area contributed by atoms with Gasteiger partial charge < -0.3 is 10.6 Å². The van der Waals surface area contributed by atoms with E-state index in [-0.39, 0.29) is 17.5 Å². The summed E-state index contributed by atoms with van der Waals surface area (Å²) < 4.78 is 1.54. The van der Waals surface area contributed by atoms with Crippen molar-refractivity contribution in [2.75, 3.05) is 12.4 Å². The highest BCUT2D eigenvalue weighted by molar-refractivity contribution is 6.01. The van der Waals surface area contributed by atoms with Gasteiger partial charge in [-0.25, -0.2) is 9.78 Å². The fourth-order valence-electron chi connectivity index (χ4n) is 2.65. The summed E-state index contributed by atoms with van der Waals surface area (Å²) in [4.78, 5) is 32.8. The number of nitrogens with zero attached hydrogens (tertiary/aromatic N) is 2. The summed E-state index contributed by atoms with van der Waals surface area (Å²) in [6.45, 7) is 5.98. The Balaban J connectivity index is 2.32. The number of H-pyrrole nitrogens is 1. The Morgan fingerprint density at radius 1 is 1.40 bits per heavy atom. The molecule has 0 unspecified atom stereocenters. The molecule has 3 heterocycles. The SMILES string of the molecule is CC[C@H](C)Nc1nc2[nH+]c3ccc(C)cn3c(=O)c2cc1C(=O)NC. The topological polar surface area (TPSA) is 89.6 Å². The molecule has 3 rings (SSSR count). The van der Waals surface area contributed by atoms with Crippen molar-refractivity contribution in [1.29, 1.82) is 0 Å². The lowest BCUT2D eigenvalue weighted by Gasteiger charge is -2.13. The van der Waals surface area contributed by atoms with Crippen LogP contribution >= 0.6 is 0 Å². The van der Waals surface area contributed by atoms with Crippen LogP contribution in [0, 0.1) is 6.92 Å². The van der Waals surface area contributed by atoms with Gasteiger partial charge in [0.05, 0.1) is 6.20 Å². The second-order valence-electron chi connectivity index (χ2n) is 6.21. The van der Waals surface area contributed by atoms with Gasteiger partial charge in [-0.2, -0.15) is 4.40 Å². The lowest BCUT2D eigenvalue weighted by atomic mass is 10.1. The highest BCUT2D eigenvalue weighted by atomic mass is 16.1. The van der Waals surface area contributed by atoms with Crippen LogP contribution in [0.2, 0.25) is 0 Å². The Morgan fingerprint density at radius 2 is 2.16 bits per heavy atom. The molecule has 0 aliphatic carbocycles. The highest BCUT2D eigenvalue weighted by Crippen LogP contribution is 2.18. The van der Waals surface area contributed by atoms with Gasteiger partial charge in [-0.3, -0.25) is 4.79 Å². The van der Waals surface area contributed by atoms with Crippen LogP contribution < -0.4 is 21.2 Å². The lowest BCUT2D eigenvalue weighted by molar-refractivity contribution is -0.319. The number of amides is 1. The van der Waals surface area contributed by atoms with E-state index in [1.807, 2.05) is 32.9 Å². The van der Waals surface area contributed by atoms with E-state index in [9.17, 15) is 9.59 Å². The molecule has 0 spiro atoms. The predicted molar refractivity (Wildman–Crippen MR) is 97.0 cm³/mol. The van der Waals surface area contributed by atoms with Gasteiger partial charge in [-0.1, -0.05) is 11.9 Å². The van der Waals surface area contributed by atoms with E-state index < -0.39 is 0 Å². The summed E-state index contributed by atoms with van der Waals surface area (Å²) in [6, 6.07) is 5.51. The molecule has 0 aliphatic heterocycles. The lowest BCUT2D eigenvalue weighted by Crippen LogP contribution is -2.28. The molecule has 0 aromatic carbocycles. The van der Waals surface area contributed by atoms with Gasteiger partial charge in [0, 0.05) is 19.2 Å². The highest BCUT2D eigenvalue weighted by Gasteiger charge is 2.22. The number of anilines is 1. The van der Waals surface area contributed by atoms with E-state index >= 15 is 0 Å². The number of hydrogen-bond acceptors (Lipinski definition) is 4. The standard InChI is InChI=1S/C18H21N5O2/c1-5-11(3)20-15-12(17(24)19-4)8-13-16(22-15)21-14-7-6-10(2)9-23(14)18(13)25/h6-9,11H,5H2,1-4H3,(H,19,24)(H,20,22)/p+1/t11-/m0/s1. The van der Waals surface area contributed by atoms with Crippen molar-refractivity contribution in [3.8, 4) is 0 Å². The maximum atomic E-state index is 12.8. The Hall–Kier alpha value is -2.96. The van der Waals surface area contributed by atoms with Crippen LogP contribution in [-0.4, -0.2) is 28.4 Å². The number of aryl methyl sites for hydroxylation is 1.